The Morgan fingerprint density at radius 3 is 2.77 bits per heavy atom. The number of carbonyl (C=O) groups excluding carboxylic acids is 2. The van der Waals surface area contributed by atoms with Crippen LogP contribution < -0.4 is 0 Å². The molecule has 4 rings (SSSR count). The summed E-state index contributed by atoms with van der Waals surface area (Å²) in [5, 5.41) is 0. The predicted molar refractivity (Wildman–Crippen MR) is 98.1 cm³/mol. The van der Waals surface area contributed by atoms with Crippen molar-refractivity contribution in [3.8, 4) is 0 Å². The Balaban J connectivity index is 1.35. The van der Waals surface area contributed by atoms with Gasteiger partial charge in [0.15, 0.2) is 0 Å². The van der Waals surface area contributed by atoms with Gasteiger partial charge >= 0.3 is 0 Å². The number of likely N-dealkylation sites (tertiary alicyclic amines) is 2. The van der Waals surface area contributed by atoms with E-state index in [-0.39, 0.29) is 17.2 Å². The average Bonchev–Trinajstić information content (AvgIpc) is 3.19. The summed E-state index contributed by atoms with van der Waals surface area (Å²) >= 11 is 0. The summed E-state index contributed by atoms with van der Waals surface area (Å²) in [5.74, 6) is 1.58. The van der Waals surface area contributed by atoms with Crippen molar-refractivity contribution in [3.63, 3.8) is 0 Å². The summed E-state index contributed by atoms with van der Waals surface area (Å²) in [5.41, 5.74) is 0.170. The largest absolute Gasteiger partial charge is 0.467 e. The number of rotatable bonds is 3. The molecule has 2 saturated heterocycles. The molecule has 1 aromatic heterocycles. The van der Waals surface area contributed by atoms with Gasteiger partial charge in [-0.1, -0.05) is 12.2 Å². The van der Waals surface area contributed by atoms with Crippen molar-refractivity contribution in [2.75, 3.05) is 19.6 Å². The second kappa shape index (κ2) is 7.29. The van der Waals surface area contributed by atoms with Gasteiger partial charge in [-0.15, -0.1) is 0 Å². The zero-order valence-electron chi connectivity index (χ0n) is 15.4. The SMILES string of the molecule is O=C1CCC2(CCN(C(=O)[C@@H]3CC=CCC3)CC2)CN1Cc1ccco1. The first-order chi connectivity index (χ1) is 12.7. The van der Waals surface area contributed by atoms with E-state index < -0.39 is 0 Å². The van der Waals surface area contributed by atoms with Gasteiger partial charge in [-0.3, -0.25) is 9.59 Å². The van der Waals surface area contributed by atoms with Crippen molar-refractivity contribution in [3.05, 3.63) is 36.3 Å². The first-order valence-corrected chi connectivity index (χ1v) is 9.89. The van der Waals surface area contributed by atoms with Crippen LogP contribution in [0.1, 0.15) is 50.7 Å². The molecule has 1 atom stereocenters. The number of amides is 2. The van der Waals surface area contributed by atoms with E-state index >= 15 is 0 Å². The molecule has 1 aromatic rings. The van der Waals surface area contributed by atoms with E-state index in [0.717, 1.165) is 63.9 Å². The van der Waals surface area contributed by atoms with Crippen molar-refractivity contribution in [2.45, 2.75) is 51.5 Å². The number of furan rings is 1. The Morgan fingerprint density at radius 1 is 1.23 bits per heavy atom. The second-order valence-corrected chi connectivity index (χ2v) is 8.14. The fourth-order valence-electron chi connectivity index (χ4n) is 4.72. The Morgan fingerprint density at radius 2 is 2.08 bits per heavy atom. The smallest absolute Gasteiger partial charge is 0.226 e. The maximum Gasteiger partial charge on any atom is 0.226 e. The Kier molecular flexibility index (Phi) is 4.88. The van der Waals surface area contributed by atoms with Crippen LogP contribution in [0.15, 0.2) is 35.0 Å². The molecule has 0 bridgehead atoms. The quantitative estimate of drug-likeness (QED) is 0.780. The first kappa shape index (κ1) is 17.4. The number of piperidine rings is 2. The second-order valence-electron chi connectivity index (χ2n) is 8.14. The van der Waals surface area contributed by atoms with E-state index in [1.165, 1.54) is 0 Å². The van der Waals surface area contributed by atoms with Gasteiger partial charge in [-0.2, -0.15) is 0 Å². The summed E-state index contributed by atoms with van der Waals surface area (Å²) in [4.78, 5) is 29.1. The first-order valence-electron chi connectivity index (χ1n) is 9.89. The topological polar surface area (TPSA) is 53.8 Å². The minimum atomic E-state index is 0.170. The van der Waals surface area contributed by atoms with Crippen LogP contribution in [0, 0.1) is 11.3 Å². The molecular weight excluding hydrogens is 328 g/mol. The zero-order valence-corrected chi connectivity index (χ0v) is 15.4. The minimum absolute atomic E-state index is 0.170. The van der Waals surface area contributed by atoms with Crippen molar-refractivity contribution >= 4 is 11.8 Å². The van der Waals surface area contributed by atoms with Gasteiger partial charge in [0.25, 0.3) is 0 Å². The molecule has 1 spiro atoms. The van der Waals surface area contributed by atoms with E-state index in [0.29, 0.717) is 18.9 Å². The molecule has 0 N–H and O–H groups in total. The molecule has 140 valence electrons. The highest BCUT2D eigenvalue weighted by Gasteiger charge is 2.42. The number of carbonyl (C=O) groups is 2. The lowest BCUT2D eigenvalue weighted by molar-refractivity contribution is -0.145. The molecule has 5 heteroatoms. The van der Waals surface area contributed by atoms with E-state index in [1.54, 1.807) is 6.26 Å². The summed E-state index contributed by atoms with van der Waals surface area (Å²) in [6, 6.07) is 3.79. The van der Waals surface area contributed by atoms with Crippen LogP contribution in [0.2, 0.25) is 0 Å². The summed E-state index contributed by atoms with van der Waals surface area (Å²) in [6.45, 7) is 3.02. The van der Waals surface area contributed by atoms with Crippen LogP contribution in [-0.4, -0.2) is 41.2 Å². The molecular formula is C21H28N2O3. The van der Waals surface area contributed by atoms with E-state index in [2.05, 4.69) is 17.1 Å². The highest BCUT2D eigenvalue weighted by Crippen LogP contribution is 2.41. The lowest BCUT2D eigenvalue weighted by Gasteiger charge is -2.47. The van der Waals surface area contributed by atoms with Gasteiger partial charge in [-0.25, -0.2) is 0 Å². The molecule has 1 aliphatic carbocycles. The third-order valence-corrected chi connectivity index (χ3v) is 6.43. The average molecular weight is 356 g/mol. The monoisotopic (exact) mass is 356 g/mol. The van der Waals surface area contributed by atoms with Gasteiger partial charge in [-0.05, 0) is 56.1 Å². The molecule has 5 nitrogen and oxygen atoms in total. The summed E-state index contributed by atoms with van der Waals surface area (Å²) in [7, 11) is 0. The Bertz CT molecular complexity index is 671. The molecule has 0 radical (unpaired) electrons. The number of hydrogen-bond donors (Lipinski definition) is 0. The molecule has 3 aliphatic rings. The number of allylic oxidation sites excluding steroid dienone is 2. The molecule has 0 unspecified atom stereocenters. The van der Waals surface area contributed by atoms with E-state index in [1.807, 2.05) is 17.0 Å². The van der Waals surface area contributed by atoms with Gasteiger partial charge in [0.1, 0.15) is 5.76 Å². The third-order valence-electron chi connectivity index (χ3n) is 6.43. The van der Waals surface area contributed by atoms with E-state index in [9.17, 15) is 9.59 Å². The lowest BCUT2D eigenvalue weighted by atomic mass is 9.72. The van der Waals surface area contributed by atoms with E-state index in [4.69, 9.17) is 4.42 Å². The van der Waals surface area contributed by atoms with Gasteiger partial charge < -0.3 is 14.2 Å². The van der Waals surface area contributed by atoms with Crippen molar-refractivity contribution < 1.29 is 14.0 Å². The standard InChI is InChI=1S/C21H28N2O3/c24-19-8-9-21(16-23(19)15-18-7-4-14-26-18)10-12-22(13-11-21)20(25)17-5-2-1-3-6-17/h1-2,4,7,14,17H,3,5-6,8-13,15-16H2/t17-/m1/s1. The molecule has 2 fully saturated rings. The third kappa shape index (κ3) is 3.57. The minimum Gasteiger partial charge on any atom is -0.467 e. The van der Waals surface area contributed by atoms with Crippen molar-refractivity contribution in [2.24, 2.45) is 11.3 Å². The van der Waals surface area contributed by atoms with Crippen molar-refractivity contribution in [1.29, 1.82) is 0 Å². The Labute approximate surface area is 155 Å². The Hall–Kier alpha value is -2.04. The highest BCUT2D eigenvalue weighted by atomic mass is 16.3. The summed E-state index contributed by atoms with van der Waals surface area (Å²) in [6.07, 6.45) is 12.5. The number of hydrogen-bond acceptors (Lipinski definition) is 3. The van der Waals surface area contributed by atoms with Crippen LogP contribution >= 0.6 is 0 Å². The van der Waals surface area contributed by atoms with Crippen LogP contribution in [0.25, 0.3) is 0 Å². The maximum atomic E-state index is 12.8. The fourth-order valence-corrected chi connectivity index (χ4v) is 4.72. The highest BCUT2D eigenvalue weighted by molar-refractivity contribution is 5.79. The molecule has 2 aliphatic heterocycles. The van der Waals surface area contributed by atoms with Gasteiger partial charge in [0.2, 0.25) is 11.8 Å². The van der Waals surface area contributed by atoms with Gasteiger partial charge in [0, 0.05) is 32.0 Å². The van der Waals surface area contributed by atoms with Gasteiger partial charge in [0.05, 0.1) is 12.8 Å². The van der Waals surface area contributed by atoms with Crippen LogP contribution in [-0.2, 0) is 16.1 Å². The molecule has 0 aromatic carbocycles. The molecule has 26 heavy (non-hydrogen) atoms. The van der Waals surface area contributed by atoms with Crippen LogP contribution in [0.3, 0.4) is 0 Å². The maximum absolute atomic E-state index is 12.8. The summed E-state index contributed by atoms with van der Waals surface area (Å²) < 4.78 is 5.42. The molecule has 3 heterocycles. The zero-order chi connectivity index (χ0) is 18.0. The van der Waals surface area contributed by atoms with Crippen LogP contribution in [0.5, 0.6) is 0 Å². The molecule has 0 saturated carbocycles. The number of nitrogens with zero attached hydrogens (tertiary/aromatic N) is 2. The fraction of sp³-hybridized carbons (Fsp3) is 0.619. The predicted octanol–water partition coefficient (Wildman–Crippen LogP) is 3.37. The lowest BCUT2D eigenvalue weighted by Crippen LogP contribution is -2.52. The van der Waals surface area contributed by atoms with Crippen LogP contribution in [0.4, 0.5) is 0 Å². The molecule has 2 amide bonds. The normalized spacial score (nSPS) is 25.7. The van der Waals surface area contributed by atoms with Crippen molar-refractivity contribution in [1.82, 2.24) is 9.80 Å².